The van der Waals surface area contributed by atoms with Gasteiger partial charge >= 0.3 is 0 Å². The molecule has 0 fully saturated rings. The van der Waals surface area contributed by atoms with E-state index in [0.717, 1.165) is 11.1 Å². The Bertz CT molecular complexity index is 268. The Hall–Kier alpha value is -0.830. The van der Waals surface area contributed by atoms with Crippen LogP contribution in [0.3, 0.4) is 0 Å². The molecule has 0 aliphatic rings. The molecule has 1 aromatic carbocycles. The Morgan fingerprint density at radius 3 is 1.82 bits per heavy atom. The number of nitrogen functional groups attached to an aromatic ring is 2. The van der Waals surface area contributed by atoms with Crippen molar-refractivity contribution in [2.75, 3.05) is 11.5 Å². The molecule has 0 radical (unpaired) electrons. The lowest BCUT2D eigenvalue weighted by Crippen LogP contribution is -1.98. The van der Waals surface area contributed by atoms with Gasteiger partial charge in [-0.1, -0.05) is 6.07 Å². The van der Waals surface area contributed by atoms with E-state index in [9.17, 15) is 0 Å². The summed E-state index contributed by atoms with van der Waals surface area (Å²) in [4.78, 5) is 0.697. The maximum atomic E-state index is 5.70. The number of rotatable bonds is 0. The number of hydrogen-bond donors (Lipinski definition) is 3. The summed E-state index contributed by atoms with van der Waals surface area (Å²) in [6.45, 7) is 3.89. The standard InChI is InChI=1S/C8H12N2S/c1-4-3-5(2)7(10)8(11)6(4)9/h3,11H,9-10H2,1-2H3. The average Bonchev–Trinajstić information content (AvgIpc) is 1.97. The zero-order valence-corrected chi connectivity index (χ0v) is 7.57. The van der Waals surface area contributed by atoms with Crippen LogP contribution in [0.1, 0.15) is 11.1 Å². The molecule has 0 bridgehead atoms. The van der Waals surface area contributed by atoms with Crippen LogP contribution < -0.4 is 11.5 Å². The van der Waals surface area contributed by atoms with E-state index in [-0.39, 0.29) is 0 Å². The predicted octanol–water partition coefficient (Wildman–Crippen LogP) is 1.76. The highest BCUT2D eigenvalue weighted by Gasteiger charge is 2.04. The Morgan fingerprint density at radius 2 is 1.45 bits per heavy atom. The molecule has 0 saturated heterocycles. The van der Waals surface area contributed by atoms with Gasteiger partial charge in [0.05, 0.1) is 16.3 Å². The molecule has 1 rings (SSSR count). The summed E-state index contributed by atoms with van der Waals surface area (Å²) in [6, 6.07) is 1.96. The SMILES string of the molecule is Cc1cc(C)c(N)c(S)c1N. The molecule has 11 heavy (non-hydrogen) atoms. The van der Waals surface area contributed by atoms with Crippen molar-refractivity contribution in [3.05, 3.63) is 17.2 Å². The molecule has 0 heterocycles. The van der Waals surface area contributed by atoms with Gasteiger partial charge in [-0.25, -0.2) is 0 Å². The molecule has 1 aromatic rings. The summed E-state index contributed by atoms with van der Waals surface area (Å²) in [5.41, 5.74) is 14.8. The molecule has 60 valence electrons. The van der Waals surface area contributed by atoms with Gasteiger partial charge in [0.15, 0.2) is 0 Å². The van der Waals surface area contributed by atoms with Crippen LogP contribution in [0.2, 0.25) is 0 Å². The number of benzene rings is 1. The van der Waals surface area contributed by atoms with Gasteiger partial charge in [0.2, 0.25) is 0 Å². The minimum Gasteiger partial charge on any atom is -0.398 e. The average molecular weight is 168 g/mol. The molecule has 4 N–H and O–H groups in total. The van der Waals surface area contributed by atoms with E-state index in [0.29, 0.717) is 16.3 Å². The molecule has 2 nitrogen and oxygen atoms in total. The van der Waals surface area contributed by atoms with Gasteiger partial charge in [0.25, 0.3) is 0 Å². The number of anilines is 2. The minimum absolute atomic E-state index is 0.677. The highest BCUT2D eigenvalue weighted by molar-refractivity contribution is 7.80. The fraction of sp³-hybridized carbons (Fsp3) is 0.250. The van der Waals surface area contributed by atoms with Crippen LogP contribution in [0.5, 0.6) is 0 Å². The van der Waals surface area contributed by atoms with Crippen molar-refractivity contribution < 1.29 is 0 Å². The predicted molar refractivity (Wildman–Crippen MR) is 52.0 cm³/mol. The van der Waals surface area contributed by atoms with E-state index in [4.69, 9.17) is 11.5 Å². The van der Waals surface area contributed by atoms with E-state index in [1.807, 2.05) is 19.9 Å². The summed E-state index contributed by atoms with van der Waals surface area (Å²) in [6.07, 6.45) is 0. The van der Waals surface area contributed by atoms with Crippen molar-refractivity contribution >= 4 is 24.0 Å². The molecule has 0 atom stereocenters. The van der Waals surface area contributed by atoms with E-state index in [1.165, 1.54) is 0 Å². The molecular formula is C8H12N2S. The highest BCUT2D eigenvalue weighted by atomic mass is 32.1. The molecule has 0 spiro atoms. The Labute approximate surface area is 72.0 Å². The van der Waals surface area contributed by atoms with Gasteiger partial charge in [0.1, 0.15) is 0 Å². The number of aryl methyl sites for hydroxylation is 2. The first-order valence-corrected chi connectivity index (χ1v) is 3.83. The van der Waals surface area contributed by atoms with Gasteiger partial charge in [0, 0.05) is 0 Å². The van der Waals surface area contributed by atoms with Crippen LogP contribution in [-0.2, 0) is 0 Å². The van der Waals surface area contributed by atoms with Gasteiger partial charge in [-0.3, -0.25) is 0 Å². The van der Waals surface area contributed by atoms with Crippen LogP contribution in [0.4, 0.5) is 11.4 Å². The van der Waals surface area contributed by atoms with Gasteiger partial charge < -0.3 is 11.5 Å². The second-order valence-electron chi connectivity index (χ2n) is 2.69. The fourth-order valence-electron chi connectivity index (χ4n) is 0.999. The fourth-order valence-corrected chi connectivity index (χ4v) is 1.35. The van der Waals surface area contributed by atoms with Crippen LogP contribution >= 0.6 is 12.6 Å². The van der Waals surface area contributed by atoms with E-state index in [2.05, 4.69) is 12.6 Å². The second-order valence-corrected chi connectivity index (χ2v) is 3.13. The first-order chi connectivity index (χ1) is 5.04. The third kappa shape index (κ3) is 1.28. The van der Waals surface area contributed by atoms with E-state index < -0.39 is 0 Å². The quantitative estimate of drug-likeness (QED) is 0.408. The first kappa shape index (κ1) is 8.27. The highest BCUT2D eigenvalue weighted by Crippen LogP contribution is 2.29. The third-order valence-electron chi connectivity index (χ3n) is 1.79. The zero-order valence-electron chi connectivity index (χ0n) is 6.68. The Kier molecular flexibility index (Phi) is 2.00. The topological polar surface area (TPSA) is 52.0 Å². The minimum atomic E-state index is 0.677. The monoisotopic (exact) mass is 168 g/mol. The van der Waals surface area contributed by atoms with Gasteiger partial charge in [-0.15, -0.1) is 12.6 Å². The largest absolute Gasteiger partial charge is 0.398 e. The Morgan fingerprint density at radius 1 is 1.09 bits per heavy atom. The number of thiol groups is 1. The lowest BCUT2D eigenvalue weighted by atomic mass is 10.1. The third-order valence-corrected chi connectivity index (χ3v) is 2.27. The maximum Gasteiger partial charge on any atom is 0.0507 e. The Balaban J connectivity index is 3.46. The summed E-state index contributed by atoms with van der Waals surface area (Å²) in [5, 5.41) is 0. The van der Waals surface area contributed by atoms with Crippen molar-refractivity contribution in [3.63, 3.8) is 0 Å². The smallest absolute Gasteiger partial charge is 0.0507 e. The lowest BCUT2D eigenvalue weighted by Gasteiger charge is -2.09. The number of nitrogens with two attached hydrogens (primary N) is 2. The van der Waals surface area contributed by atoms with E-state index >= 15 is 0 Å². The molecule has 0 aliphatic heterocycles. The maximum absolute atomic E-state index is 5.70. The summed E-state index contributed by atoms with van der Waals surface area (Å²) < 4.78 is 0. The molecule has 0 unspecified atom stereocenters. The van der Waals surface area contributed by atoms with Crippen molar-refractivity contribution in [1.82, 2.24) is 0 Å². The van der Waals surface area contributed by atoms with E-state index in [1.54, 1.807) is 0 Å². The number of hydrogen-bond acceptors (Lipinski definition) is 3. The van der Waals surface area contributed by atoms with Crippen LogP contribution in [0, 0.1) is 13.8 Å². The zero-order chi connectivity index (χ0) is 8.59. The van der Waals surface area contributed by atoms with Crippen LogP contribution in [-0.4, -0.2) is 0 Å². The normalized spacial score (nSPS) is 10.1. The molecule has 0 amide bonds. The van der Waals surface area contributed by atoms with Gasteiger partial charge in [-0.2, -0.15) is 0 Å². The van der Waals surface area contributed by atoms with Gasteiger partial charge in [-0.05, 0) is 25.0 Å². The molecule has 3 heteroatoms. The van der Waals surface area contributed by atoms with Crippen molar-refractivity contribution in [1.29, 1.82) is 0 Å². The molecule has 0 aliphatic carbocycles. The molecule has 0 aromatic heterocycles. The summed E-state index contributed by atoms with van der Waals surface area (Å²) in [5.74, 6) is 0. The summed E-state index contributed by atoms with van der Waals surface area (Å²) >= 11 is 4.20. The lowest BCUT2D eigenvalue weighted by molar-refractivity contribution is 1.31. The van der Waals surface area contributed by atoms with Crippen LogP contribution in [0.25, 0.3) is 0 Å². The first-order valence-electron chi connectivity index (χ1n) is 3.38. The van der Waals surface area contributed by atoms with Crippen molar-refractivity contribution in [2.24, 2.45) is 0 Å². The van der Waals surface area contributed by atoms with Crippen molar-refractivity contribution in [2.45, 2.75) is 18.7 Å². The van der Waals surface area contributed by atoms with Crippen molar-refractivity contribution in [3.8, 4) is 0 Å². The molecular weight excluding hydrogens is 156 g/mol. The summed E-state index contributed by atoms with van der Waals surface area (Å²) in [7, 11) is 0. The second kappa shape index (κ2) is 2.66. The molecule has 0 saturated carbocycles. The van der Waals surface area contributed by atoms with Crippen LogP contribution in [0.15, 0.2) is 11.0 Å².